The number of carboxylic acids is 1. The molecular formula is C8H15NO3S. The molecule has 0 heterocycles. The second kappa shape index (κ2) is 7.91. The summed E-state index contributed by atoms with van der Waals surface area (Å²) >= 11 is 1.71. The van der Waals surface area contributed by atoms with E-state index >= 15 is 0 Å². The second-order valence-electron chi connectivity index (χ2n) is 2.58. The Morgan fingerprint density at radius 1 is 1.62 bits per heavy atom. The lowest BCUT2D eigenvalue weighted by Gasteiger charge is -2.09. The molecule has 0 bridgehead atoms. The summed E-state index contributed by atoms with van der Waals surface area (Å²) in [5.41, 5.74) is 0. The summed E-state index contributed by atoms with van der Waals surface area (Å²) in [6.45, 7) is 2.07. The van der Waals surface area contributed by atoms with Gasteiger partial charge in [0, 0.05) is 0 Å². The molecule has 0 saturated heterocycles. The predicted molar refractivity (Wildman–Crippen MR) is 52.9 cm³/mol. The molecule has 1 atom stereocenters. The smallest absolute Gasteiger partial charge is 0.326 e. The highest BCUT2D eigenvalue weighted by Gasteiger charge is 2.14. The number of rotatable bonds is 8. The summed E-state index contributed by atoms with van der Waals surface area (Å²) in [4.78, 5) is 20.5. The van der Waals surface area contributed by atoms with Gasteiger partial charge in [-0.1, -0.05) is 6.92 Å². The van der Waals surface area contributed by atoms with Crippen molar-refractivity contribution in [2.45, 2.75) is 25.8 Å². The fourth-order valence-electron chi connectivity index (χ4n) is 0.808. The van der Waals surface area contributed by atoms with Gasteiger partial charge in [0.25, 0.3) is 0 Å². The van der Waals surface area contributed by atoms with Crippen LogP contribution in [-0.2, 0) is 9.59 Å². The average Bonchev–Trinajstić information content (AvgIpc) is 2.10. The van der Waals surface area contributed by atoms with E-state index in [-0.39, 0.29) is 0 Å². The molecule has 4 nitrogen and oxygen atoms in total. The Morgan fingerprint density at radius 3 is 2.77 bits per heavy atom. The Kier molecular flexibility index (Phi) is 7.48. The van der Waals surface area contributed by atoms with Crippen LogP contribution in [0.3, 0.4) is 0 Å². The Morgan fingerprint density at radius 2 is 2.31 bits per heavy atom. The maximum atomic E-state index is 10.5. The zero-order chi connectivity index (χ0) is 10.1. The van der Waals surface area contributed by atoms with Gasteiger partial charge in [0.05, 0.1) is 0 Å². The summed E-state index contributed by atoms with van der Waals surface area (Å²) in [7, 11) is 0. The Balaban J connectivity index is 3.56. The highest BCUT2D eigenvalue weighted by Crippen LogP contribution is 2.06. The molecule has 0 aromatic heterocycles. The number of nitrogens with one attached hydrogen (secondary N) is 1. The number of carboxylic acid groups (broad SMARTS) is 1. The molecule has 0 aromatic rings. The first-order chi connectivity index (χ1) is 6.22. The van der Waals surface area contributed by atoms with Gasteiger partial charge in [-0.15, -0.1) is 0 Å². The largest absolute Gasteiger partial charge is 0.480 e. The number of hydrogen-bond donors (Lipinski definition) is 2. The topological polar surface area (TPSA) is 66.4 Å². The number of amides is 1. The van der Waals surface area contributed by atoms with Crippen LogP contribution < -0.4 is 5.32 Å². The molecule has 0 fully saturated rings. The quantitative estimate of drug-likeness (QED) is 0.452. The number of hydrogen-bond acceptors (Lipinski definition) is 3. The third-order valence-electron chi connectivity index (χ3n) is 1.47. The fraction of sp³-hybridized carbons (Fsp3) is 0.750. The first-order valence-electron chi connectivity index (χ1n) is 4.22. The highest BCUT2D eigenvalue weighted by molar-refractivity contribution is 7.99. The van der Waals surface area contributed by atoms with Crippen molar-refractivity contribution in [2.75, 3.05) is 11.5 Å². The van der Waals surface area contributed by atoms with Gasteiger partial charge < -0.3 is 10.4 Å². The van der Waals surface area contributed by atoms with Gasteiger partial charge in [-0.2, -0.15) is 11.8 Å². The van der Waals surface area contributed by atoms with Crippen molar-refractivity contribution in [3.63, 3.8) is 0 Å². The molecule has 0 aromatic carbocycles. The molecule has 0 aliphatic heterocycles. The minimum absolute atomic E-state index is 0.434. The van der Waals surface area contributed by atoms with Crippen molar-refractivity contribution in [3.05, 3.63) is 0 Å². The van der Waals surface area contributed by atoms with Gasteiger partial charge in [-0.05, 0) is 24.3 Å². The lowest BCUT2D eigenvalue weighted by molar-refractivity contribution is -0.140. The van der Waals surface area contributed by atoms with Gasteiger partial charge in [-0.3, -0.25) is 4.79 Å². The second-order valence-corrected chi connectivity index (χ2v) is 3.80. The monoisotopic (exact) mass is 205 g/mol. The van der Waals surface area contributed by atoms with Crippen molar-refractivity contribution in [1.82, 2.24) is 5.32 Å². The van der Waals surface area contributed by atoms with E-state index in [4.69, 9.17) is 5.11 Å². The average molecular weight is 205 g/mol. The summed E-state index contributed by atoms with van der Waals surface area (Å²) in [6.07, 6.45) is 2.01. The molecular weight excluding hydrogens is 190 g/mol. The predicted octanol–water partition coefficient (Wildman–Crippen LogP) is 0.719. The van der Waals surface area contributed by atoms with Crippen LogP contribution in [-0.4, -0.2) is 35.0 Å². The Bertz CT molecular complexity index is 163. The maximum absolute atomic E-state index is 10.5. The zero-order valence-corrected chi connectivity index (χ0v) is 8.47. The van der Waals surface area contributed by atoms with E-state index in [1.807, 2.05) is 0 Å². The van der Waals surface area contributed by atoms with Crippen LogP contribution in [0.25, 0.3) is 0 Å². The molecule has 0 aliphatic carbocycles. The van der Waals surface area contributed by atoms with E-state index in [1.165, 1.54) is 0 Å². The number of thioether (sulfide) groups is 1. The van der Waals surface area contributed by atoms with Crippen molar-refractivity contribution >= 4 is 24.1 Å². The van der Waals surface area contributed by atoms with Gasteiger partial charge in [0.15, 0.2) is 0 Å². The van der Waals surface area contributed by atoms with Gasteiger partial charge >= 0.3 is 5.97 Å². The Labute approximate surface area is 82.1 Å². The molecule has 13 heavy (non-hydrogen) atoms. The molecule has 1 unspecified atom stereocenters. The number of carbonyl (C=O) groups excluding carboxylic acids is 1. The molecule has 0 radical (unpaired) electrons. The van der Waals surface area contributed by atoms with Crippen LogP contribution in [0.4, 0.5) is 0 Å². The highest BCUT2D eigenvalue weighted by atomic mass is 32.2. The van der Waals surface area contributed by atoms with Crippen molar-refractivity contribution in [1.29, 1.82) is 0 Å². The zero-order valence-electron chi connectivity index (χ0n) is 7.66. The van der Waals surface area contributed by atoms with Crippen molar-refractivity contribution in [3.8, 4) is 0 Å². The molecule has 76 valence electrons. The summed E-state index contributed by atoms with van der Waals surface area (Å²) in [5.74, 6) is 0.836. The van der Waals surface area contributed by atoms with E-state index in [9.17, 15) is 9.59 Å². The van der Waals surface area contributed by atoms with Gasteiger partial charge in [0.1, 0.15) is 6.04 Å². The van der Waals surface area contributed by atoms with Crippen LogP contribution in [0.5, 0.6) is 0 Å². The maximum Gasteiger partial charge on any atom is 0.326 e. The Hall–Kier alpha value is -0.710. The molecule has 1 amide bonds. The minimum Gasteiger partial charge on any atom is -0.480 e. The first kappa shape index (κ1) is 12.3. The standard InChI is InChI=1S/C8H15NO3S/c1-2-4-13-5-3-7(8(11)12)9-6-10/h6-7H,2-5H2,1H3,(H,9,10)(H,11,12). The molecule has 0 aliphatic rings. The van der Waals surface area contributed by atoms with Crippen LogP contribution in [0.15, 0.2) is 0 Å². The lowest BCUT2D eigenvalue weighted by Crippen LogP contribution is -2.36. The number of carbonyl (C=O) groups is 2. The van der Waals surface area contributed by atoms with Crippen molar-refractivity contribution in [2.24, 2.45) is 0 Å². The minimum atomic E-state index is -0.968. The normalized spacial score (nSPS) is 12.1. The summed E-state index contributed by atoms with van der Waals surface area (Å²) in [5, 5.41) is 10.9. The van der Waals surface area contributed by atoms with Gasteiger partial charge in [0.2, 0.25) is 6.41 Å². The molecule has 5 heteroatoms. The van der Waals surface area contributed by atoms with Crippen LogP contribution in [0.1, 0.15) is 19.8 Å². The SMILES string of the molecule is CCCSCCC(NC=O)C(=O)O. The van der Waals surface area contributed by atoms with Crippen LogP contribution in [0, 0.1) is 0 Å². The summed E-state index contributed by atoms with van der Waals surface area (Å²) < 4.78 is 0. The first-order valence-corrected chi connectivity index (χ1v) is 5.38. The third-order valence-corrected chi connectivity index (χ3v) is 2.69. The molecule has 0 saturated carbocycles. The van der Waals surface area contributed by atoms with E-state index < -0.39 is 12.0 Å². The van der Waals surface area contributed by atoms with Crippen LogP contribution >= 0.6 is 11.8 Å². The summed E-state index contributed by atoms with van der Waals surface area (Å²) in [6, 6.07) is -0.734. The van der Waals surface area contributed by atoms with E-state index in [1.54, 1.807) is 11.8 Å². The number of aliphatic carboxylic acids is 1. The third kappa shape index (κ3) is 6.45. The lowest BCUT2D eigenvalue weighted by atomic mass is 10.2. The molecule has 0 rings (SSSR count). The molecule has 2 N–H and O–H groups in total. The fourth-order valence-corrected chi connectivity index (χ4v) is 1.70. The van der Waals surface area contributed by atoms with Crippen molar-refractivity contribution < 1.29 is 14.7 Å². The molecule has 0 spiro atoms. The van der Waals surface area contributed by atoms with E-state index in [2.05, 4.69) is 12.2 Å². The van der Waals surface area contributed by atoms with E-state index in [0.717, 1.165) is 17.9 Å². The van der Waals surface area contributed by atoms with E-state index in [0.29, 0.717) is 12.8 Å². The van der Waals surface area contributed by atoms with Gasteiger partial charge in [-0.25, -0.2) is 4.79 Å². The van der Waals surface area contributed by atoms with Crippen LogP contribution in [0.2, 0.25) is 0 Å².